The van der Waals surface area contributed by atoms with Gasteiger partial charge in [-0.3, -0.25) is 4.79 Å². The average molecular weight is 392 g/mol. The molecule has 3 rings (SSSR count). The van der Waals surface area contributed by atoms with Crippen LogP contribution < -0.4 is 11.1 Å². The van der Waals surface area contributed by atoms with Gasteiger partial charge in [0.05, 0.1) is 0 Å². The molecule has 0 aliphatic rings. The highest BCUT2D eigenvalue weighted by Gasteiger charge is 2.14. The van der Waals surface area contributed by atoms with Crippen LogP contribution in [0.4, 0.5) is 11.4 Å². The largest absolute Gasteiger partial charge is 0.451 e. The Labute approximate surface area is 146 Å². The van der Waals surface area contributed by atoms with Crippen LogP contribution in [-0.2, 0) is 0 Å². The quantitative estimate of drug-likeness (QED) is 0.603. The van der Waals surface area contributed by atoms with E-state index in [2.05, 4.69) is 21.2 Å². The zero-order chi connectivity index (χ0) is 16.4. The van der Waals surface area contributed by atoms with Crippen LogP contribution in [0.15, 0.2) is 63.5 Å². The van der Waals surface area contributed by atoms with E-state index < -0.39 is 0 Å². The van der Waals surface area contributed by atoms with Gasteiger partial charge in [-0.05, 0) is 64.5 Å². The molecule has 23 heavy (non-hydrogen) atoms. The molecule has 116 valence electrons. The van der Waals surface area contributed by atoms with Crippen molar-refractivity contribution in [1.82, 2.24) is 0 Å². The highest BCUT2D eigenvalue weighted by atomic mass is 79.9. The summed E-state index contributed by atoms with van der Waals surface area (Å²) in [4.78, 5) is 12.2. The van der Waals surface area contributed by atoms with E-state index in [-0.39, 0.29) is 11.7 Å². The number of rotatable bonds is 3. The minimum Gasteiger partial charge on any atom is -0.451 e. The summed E-state index contributed by atoms with van der Waals surface area (Å²) in [5.74, 6) is 0.447. The number of hydrogen-bond acceptors (Lipinski definition) is 3. The molecule has 0 aliphatic heterocycles. The van der Waals surface area contributed by atoms with Crippen molar-refractivity contribution in [3.63, 3.8) is 0 Å². The smallest absolute Gasteiger partial charge is 0.291 e. The van der Waals surface area contributed by atoms with Crippen LogP contribution in [0, 0.1) is 0 Å². The molecule has 3 N–H and O–H groups in total. The minimum atomic E-state index is -0.341. The van der Waals surface area contributed by atoms with E-state index in [9.17, 15) is 4.79 Å². The van der Waals surface area contributed by atoms with E-state index >= 15 is 0 Å². The number of nitrogens with two attached hydrogens (primary N) is 1. The summed E-state index contributed by atoms with van der Waals surface area (Å²) in [6.07, 6.45) is 0. The van der Waals surface area contributed by atoms with Crippen molar-refractivity contribution in [3.05, 3.63) is 69.9 Å². The van der Waals surface area contributed by atoms with Gasteiger partial charge in [0.2, 0.25) is 0 Å². The summed E-state index contributed by atoms with van der Waals surface area (Å²) in [6.45, 7) is 0. The lowest BCUT2D eigenvalue weighted by Gasteiger charge is -2.04. The van der Waals surface area contributed by atoms with Crippen LogP contribution in [0.2, 0.25) is 5.02 Å². The molecule has 0 aliphatic carbocycles. The van der Waals surface area contributed by atoms with Gasteiger partial charge >= 0.3 is 0 Å². The Bertz CT molecular complexity index is 877. The molecule has 1 aromatic heterocycles. The first-order chi connectivity index (χ1) is 11.0. The third-order valence-electron chi connectivity index (χ3n) is 3.17. The maximum atomic E-state index is 12.2. The first-order valence-electron chi connectivity index (χ1n) is 6.75. The number of carbonyl (C=O) groups excluding carboxylic acids is 1. The molecule has 0 unspecified atom stereocenters. The van der Waals surface area contributed by atoms with Crippen molar-refractivity contribution in [3.8, 4) is 11.3 Å². The number of anilines is 2. The van der Waals surface area contributed by atoms with Crippen LogP contribution in [-0.4, -0.2) is 5.91 Å². The molecule has 0 spiro atoms. The molecule has 1 heterocycles. The lowest BCUT2D eigenvalue weighted by molar-refractivity contribution is 0.0997. The Morgan fingerprint density at radius 1 is 1.13 bits per heavy atom. The van der Waals surface area contributed by atoms with Crippen molar-refractivity contribution in [2.75, 3.05) is 11.1 Å². The molecular weight excluding hydrogens is 380 g/mol. The van der Waals surface area contributed by atoms with E-state index in [0.717, 1.165) is 10.0 Å². The number of nitrogen functional groups attached to an aromatic ring is 1. The van der Waals surface area contributed by atoms with Gasteiger partial charge in [-0.1, -0.05) is 17.7 Å². The molecule has 0 fully saturated rings. The van der Waals surface area contributed by atoms with Gasteiger partial charge in [-0.15, -0.1) is 0 Å². The zero-order valence-corrected chi connectivity index (χ0v) is 14.2. The average Bonchev–Trinajstić information content (AvgIpc) is 2.97. The van der Waals surface area contributed by atoms with E-state index in [4.69, 9.17) is 21.8 Å². The first-order valence-corrected chi connectivity index (χ1v) is 7.92. The van der Waals surface area contributed by atoms with E-state index in [1.807, 2.05) is 6.07 Å². The zero-order valence-electron chi connectivity index (χ0n) is 11.8. The number of nitrogens with one attached hydrogen (secondary N) is 1. The van der Waals surface area contributed by atoms with E-state index in [0.29, 0.717) is 22.2 Å². The normalized spacial score (nSPS) is 10.5. The van der Waals surface area contributed by atoms with Crippen molar-refractivity contribution in [2.45, 2.75) is 0 Å². The summed E-state index contributed by atoms with van der Waals surface area (Å²) in [5, 5.41) is 3.36. The summed E-state index contributed by atoms with van der Waals surface area (Å²) in [7, 11) is 0. The molecule has 2 aromatic carbocycles. The number of hydrogen-bond donors (Lipinski definition) is 2. The lowest BCUT2D eigenvalue weighted by atomic mass is 10.2. The third kappa shape index (κ3) is 3.57. The Balaban J connectivity index is 1.82. The number of amides is 1. The molecule has 0 saturated heterocycles. The van der Waals surface area contributed by atoms with Gasteiger partial charge in [-0.25, -0.2) is 0 Å². The third-order valence-corrected chi connectivity index (χ3v) is 4.06. The fourth-order valence-corrected chi connectivity index (χ4v) is 2.98. The van der Waals surface area contributed by atoms with Gasteiger partial charge in [0.1, 0.15) is 5.76 Å². The second kappa shape index (κ2) is 6.48. The molecule has 1 amide bonds. The van der Waals surface area contributed by atoms with Crippen LogP contribution in [0.5, 0.6) is 0 Å². The predicted molar refractivity (Wildman–Crippen MR) is 95.7 cm³/mol. The fourth-order valence-electron chi connectivity index (χ4n) is 2.10. The molecule has 0 atom stereocenters. The van der Waals surface area contributed by atoms with Gasteiger partial charge in [0, 0.05) is 26.4 Å². The lowest BCUT2D eigenvalue weighted by Crippen LogP contribution is -2.10. The minimum absolute atomic E-state index is 0.212. The highest BCUT2D eigenvalue weighted by Crippen LogP contribution is 2.32. The van der Waals surface area contributed by atoms with Gasteiger partial charge in [0.15, 0.2) is 5.76 Å². The Morgan fingerprint density at radius 3 is 2.70 bits per heavy atom. The molecule has 6 heteroatoms. The number of carbonyl (C=O) groups is 1. The molecule has 0 radical (unpaired) electrons. The van der Waals surface area contributed by atoms with Crippen LogP contribution in [0.1, 0.15) is 10.6 Å². The second-order valence-corrected chi connectivity index (χ2v) is 6.16. The second-order valence-electron chi connectivity index (χ2n) is 4.87. The Kier molecular flexibility index (Phi) is 4.41. The predicted octanol–water partition coefficient (Wildman–Crippen LogP) is 5.20. The van der Waals surface area contributed by atoms with Crippen molar-refractivity contribution >= 4 is 44.8 Å². The van der Waals surface area contributed by atoms with E-state index in [1.54, 1.807) is 48.5 Å². The number of benzene rings is 2. The Morgan fingerprint density at radius 2 is 1.96 bits per heavy atom. The number of furan rings is 1. The standard InChI is InChI=1S/C17H12BrClN2O2/c18-14-8-10(19)4-5-13(14)15-6-7-16(23-15)17(22)21-12-3-1-2-11(20)9-12/h1-9H,20H2,(H,21,22). The molecule has 4 nitrogen and oxygen atoms in total. The molecular formula is C17H12BrClN2O2. The maximum Gasteiger partial charge on any atom is 0.291 e. The van der Waals surface area contributed by atoms with Crippen LogP contribution in [0.3, 0.4) is 0 Å². The monoisotopic (exact) mass is 390 g/mol. The molecule has 3 aromatic rings. The van der Waals surface area contributed by atoms with Crippen LogP contribution in [0.25, 0.3) is 11.3 Å². The van der Waals surface area contributed by atoms with Gasteiger partial charge < -0.3 is 15.5 Å². The fraction of sp³-hybridized carbons (Fsp3) is 0. The number of halogens is 2. The molecule has 0 bridgehead atoms. The summed E-state index contributed by atoms with van der Waals surface area (Å²) < 4.78 is 6.43. The first kappa shape index (κ1) is 15.6. The van der Waals surface area contributed by atoms with Crippen LogP contribution >= 0.6 is 27.5 Å². The highest BCUT2D eigenvalue weighted by molar-refractivity contribution is 9.10. The van der Waals surface area contributed by atoms with Gasteiger partial charge in [0.25, 0.3) is 5.91 Å². The summed E-state index contributed by atoms with van der Waals surface area (Å²) >= 11 is 9.36. The summed E-state index contributed by atoms with van der Waals surface area (Å²) in [6, 6.07) is 15.7. The topological polar surface area (TPSA) is 68.3 Å². The maximum absolute atomic E-state index is 12.2. The van der Waals surface area contributed by atoms with Gasteiger partial charge in [-0.2, -0.15) is 0 Å². The molecule has 0 saturated carbocycles. The summed E-state index contributed by atoms with van der Waals surface area (Å²) in [5.41, 5.74) is 7.70. The van der Waals surface area contributed by atoms with E-state index in [1.165, 1.54) is 0 Å². The van der Waals surface area contributed by atoms with Crippen molar-refractivity contribution in [2.24, 2.45) is 0 Å². The van der Waals surface area contributed by atoms with Crippen molar-refractivity contribution in [1.29, 1.82) is 0 Å². The SMILES string of the molecule is Nc1cccc(NC(=O)c2ccc(-c3ccc(Cl)cc3Br)o2)c1. The van der Waals surface area contributed by atoms with Crippen molar-refractivity contribution < 1.29 is 9.21 Å². The Hall–Kier alpha value is -2.24.